The Balaban J connectivity index is 2.83. The van der Waals surface area contributed by atoms with Gasteiger partial charge in [-0.05, 0) is 18.2 Å². The summed E-state index contributed by atoms with van der Waals surface area (Å²) in [4.78, 5) is 13.8. The van der Waals surface area contributed by atoms with E-state index in [0.717, 1.165) is 15.4 Å². The predicted molar refractivity (Wildman–Crippen MR) is 58.4 cm³/mol. The average Bonchev–Trinajstić information content (AvgIpc) is 2.44. The Morgan fingerprint density at radius 3 is 3.00 bits per heavy atom. The van der Waals surface area contributed by atoms with Crippen LogP contribution in [0.4, 0.5) is 5.69 Å². The Labute approximate surface area is 89.2 Å². The molecular formula is C10H7BrN2O. The smallest absolute Gasteiger partial charge is 0.240 e. The molecule has 3 nitrogen and oxygen atoms in total. The lowest BCUT2D eigenvalue weighted by Crippen LogP contribution is -1.82. The van der Waals surface area contributed by atoms with E-state index in [0.29, 0.717) is 5.69 Å². The molecule has 0 aliphatic heterocycles. The zero-order valence-corrected chi connectivity index (χ0v) is 9.08. The minimum absolute atomic E-state index is 0.657. The molecule has 2 rings (SSSR count). The number of benzene rings is 1. The fraction of sp³-hybridized carbons (Fsp3) is 0.100. The Bertz CT molecular complexity index is 538. The molecule has 0 atom stereocenters. The van der Waals surface area contributed by atoms with E-state index >= 15 is 0 Å². The zero-order valence-electron chi connectivity index (χ0n) is 7.49. The van der Waals surface area contributed by atoms with Gasteiger partial charge in [-0.3, -0.25) is 0 Å². The summed E-state index contributed by atoms with van der Waals surface area (Å²) in [6, 6.07) is 5.83. The van der Waals surface area contributed by atoms with Gasteiger partial charge in [-0.15, -0.1) is 0 Å². The zero-order chi connectivity index (χ0) is 10.1. The van der Waals surface area contributed by atoms with Crippen molar-refractivity contribution in [1.29, 1.82) is 0 Å². The lowest BCUT2D eigenvalue weighted by Gasteiger charge is -1.95. The third kappa shape index (κ3) is 1.39. The molecule has 14 heavy (non-hydrogen) atoms. The van der Waals surface area contributed by atoms with Crippen molar-refractivity contribution in [2.24, 2.45) is 12.0 Å². The van der Waals surface area contributed by atoms with E-state index in [1.807, 2.05) is 36.0 Å². The lowest BCUT2D eigenvalue weighted by molar-refractivity contribution is 0.565. The standard InChI is InChI=1S/C10H7BrN2O/c1-13-5-9(12-6-14)8-3-2-7(11)4-10(8)13/h2-5H,1H3. The largest absolute Gasteiger partial charge is 0.348 e. The molecular weight excluding hydrogens is 244 g/mol. The molecule has 0 radical (unpaired) electrons. The van der Waals surface area contributed by atoms with Crippen LogP contribution in [0.5, 0.6) is 0 Å². The molecule has 2 aromatic rings. The maximum Gasteiger partial charge on any atom is 0.240 e. The summed E-state index contributed by atoms with van der Waals surface area (Å²) in [5.74, 6) is 0. The monoisotopic (exact) mass is 250 g/mol. The van der Waals surface area contributed by atoms with Crippen molar-refractivity contribution in [1.82, 2.24) is 4.57 Å². The highest BCUT2D eigenvalue weighted by Gasteiger charge is 2.05. The summed E-state index contributed by atoms with van der Waals surface area (Å²) in [5, 5.41) is 0.957. The van der Waals surface area contributed by atoms with Crippen LogP contribution in [-0.2, 0) is 11.8 Å². The van der Waals surface area contributed by atoms with E-state index in [9.17, 15) is 4.79 Å². The molecule has 1 heterocycles. The van der Waals surface area contributed by atoms with Gasteiger partial charge in [-0.25, -0.2) is 4.79 Å². The summed E-state index contributed by atoms with van der Waals surface area (Å²) >= 11 is 3.39. The summed E-state index contributed by atoms with van der Waals surface area (Å²) in [6.07, 6.45) is 3.36. The van der Waals surface area contributed by atoms with Gasteiger partial charge in [0.25, 0.3) is 0 Å². The molecule has 0 saturated carbocycles. The molecule has 4 heteroatoms. The summed E-state index contributed by atoms with van der Waals surface area (Å²) in [5.41, 5.74) is 1.69. The fourth-order valence-electron chi connectivity index (χ4n) is 1.47. The maximum absolute atomic E-state index is 10.2. The normalized spacial score (nSPS) is 10.1. The van der Waals surface area contributed by atoms with Crippen molar-refractivity contribution in [2.45, 2.75) is 0 Å². The number of aliphatic imine (C=N–C) groups is 1. The van der Waals surface area contributed by atoms with E-state index in [2.05, 4.69) is 20.9 Å². The quantitative estimate of drug-likeness (QED) is 0.566. The van der Waals surface area contributed by atoms with Crippen molar-refractivity contribution in [3.63, 3.8) is 0 Å². The van der Waals surface area contributed by atoms with Gasteiger partial charge in [0.2, 0.25) is 6.08 Å². The topological polar surface area (TPSA) is 34.4 Å². The van der Waals surface area contributed by atoms with Crippen LogP contribution < -0.4 is 0 Å². The predicted octanol–water partition coefficient (Wildman–Crippen LogP) is 2.91. The molecule has 0 bridgehead atoms. The van der Waals surface area contributed by atoms with E-state index in [-0.39, 0.29) is 0 Å². The third-order valence-electron chi connectivity index (χ3n) is 2.10. The summed E-state index contributed by atoms with van der Waals surface area (Å²) < 4.78 is 2.93. The molecule has 0 fully saturated rings. The molecule has 0 aliphatic rings. The van der Waals surface area contributed by atoms with Crippen LogP contribution in [0.15, 0.2) is 33.9 Å². The Kier molecular flexibility index (Phi) is 2.23. The number of hydrogen-bond acceptors (Lipinski definition) is 2. The van der Waals surface area contributed by atoms with E-state index in [1.165, 1.54) is 0 Å². The van der Waals surface area contributed by atoms with Crippen LogP contribution in [0.3, 0.4) is 0 Å². The van der Waals surface area contributed by atoms with Crippen molar-refractivity contribution in [3.05, 3.63) is 28.9 Å². The van der Waals surface area contributed by atoms with Crippen molar-refractivity contribution in [3.8, 4) is 0 Å². The molecule has 1 aromatic heterocycles. The first-order chi connectivity index (χ1) is 6.72. The first kappa shape index (κ1) is 9.19. The van der Waals surface area contributed by atoms with Gasteiger partial charge >= 0.3 is 0 Å². The van der Waals surface area contributed by atoms with Gasteiger partial charge in [0.15, 0.2) is 0 Å². The van der Waals surface area contributed by atoms with Gasteiger partial charge in [-0.1, -0.05) is 15.9 Å². The van der Waals surface area contributed by atoms with E-state index < -0.39 is 0 Å². The highest BCUT2D eigenvalue weighted by atomic mass is 79.9. The number of carbonyl (C=O) groups excluding carboxylic acids is 1. The molecule has 0 unspecified atom stereocenters. The number of halogens is 1. The number of aromatic nitrogens is 1. The van der Waals surface area contributed by atoms with Crippen molar-refractivity contribution < 1.29 is 4.79 Å². The number of isocyanates is 1. The number of aryl methyl sites for hydroxylation is 1. The van der Waals surface area contributed by atoms with Crippen LogP contribution >= 0.6 is 15.9 Å². The van der Waals surface area contributed by atoms with Crippen molar-refractivity contribution in [2.75, 3.05) is 0 Å². The second-order valence-corrected chi connectivity index (χ2v) is 3.91. The van der Waals surface area contributed by atoms with Gasteiger partial charge in [0.05, 0.1) is 5.52 Å². The molecule has 0 saturated heterocycles. The maximum atomic E-state index is 10.2. The Morgan fingerprint density at radius 2 is 2.29 bits per heavy atom. The number of fused-ring (bicyclic) bond motifs is 1. The van der Waals surface area contributed by atoms with Gasteiger partial charge in [0.1, 0.15) is 5.69 Å². The SMILES string of the molecule is Cn1cc(N=C=O)c2ccc(Br)cc21. The van der Waals surface area contributed by atoms with Crippen LogP contribution in [0.25, 0.3) is 10.9 Å². The van der Waals surface area contributed by atoms with E-state index in [1.54, 1.807) is 6.08 Å². The third-order valence-corrected chi connectivity index (χ3v) is 2.59. The minimum atomic E-state index is 0.657. The molecule has 0 aliphatic carbocycles. The van der Waals surface area contributed by atoms with Crippen LogP contribution in [0, 0.1) is 0 Å². The summed E-state index contributed by atoms with van der Waals surface area (Å²) in [6.45, 7) is 0. The number of hydrogen-bond donors (Lipinski definition) is 0. The van der Waals surface area contributed by atoms with Crippen LogP contribution in [0.1, 0.15) is 0 Å². The van der Waals surface area contributed by atoms with Gasteiger partial charge < -0.3 is 4.57 Å². The molecule has 1 aromatic carbocycles. The minimum Gasteiger partial charge on any atom is -0.348 e. The fourth-order valence-corrected chi connectivity index (χ4v) is 1.82. The second-order valence-electron chi connectivity index (χ2n) is 2.99. The average molecular weight is 251 g/mol. The number of rotatable bonds is 1. The van der Waals surface area contributed by atoms with Crippen LogP contribution in [-0.4, -0.2) is 10.6 Å². The lowest BCUT2D eigenvalue weighted by atomic mass is 10.2. The second kappa shape index (κ2) is 3.40. The molecule has 70 valence electrons. The first-order valence-corrected chi connectivity index (χ1v) is 4.84. The molecule has 0 amide bonds. The Hall–Kier alpha value is -1.38. The van der Waals surface area contributed by atoms with Crippen molar-refractivity contribution >= 4 is 38.6 Å². The van der Waals surface area contributed by atoms with Crippen LogP contribution in [0.2, 0.25) is 0 Å². The Morgan fingerprint density at radius 1 is 1.50 bits per heavy atom. The number of nitrogens with zero attached hydrogens (tertiary/aromatic N) is 2. The van der Waals surface area contributed by atoms with Gasteiger partial charge in [0, 0.05) is 23.1 Å². The first-order valence-electron chi connectivity index (χ1n) is 4.05. The molecule has 0 N–H and O–H groups in total. The van der Waals surface area contributed by atoms with Gasteiger partial charge in [-0.2, -0.15) is 4.99 Å². The summed E-state index contributed by atoms with van der Waals surface area (Å²) in [7, 11) is 1.92. The highest BCUT2D eigenvalue weighted by molar-refractivity contribution is 9.10. The van der Waals surface area contributed by atoms with E-state index in [4.69, 9.17) is 0 Å². The highest BCUT2D eigenvalue weighted by Crippen LogP contribution is 2.29. The molecule has 0 spiro atoms.